The molecule has 0 saturated heterocycles. The van der Waals surface area contributed by atoms with Crippen molar-refractivity contribution in [3.05, 3.63) is 94.9 Å². The second kappa shape index (κ2) is 9.71. The van der Waals surface area contributed by atoms with Gasteiger partial charge in [0.25, 0.3) is 5.91 Å². The van der Waals surface area contributed by atoms with Crippen molar-refractivity contribution in [2.45, 2.75) is 20.1 Å². The van der Waals surface area contributed by atoms with E-state index in [-0.39, 0.29) is 5.91 Å². The van der Waals surface area contributed by atoms with Gasteiger partial charge in [-0.3, -0.25) is 14.5 Å². The smallest absolute Gasteiger partial charge is 0.272 e. The molecule has 4 heterocycles. The van der Waals surface area contributed by atoms with Crippen LogP contribution in [0.25, 0.3) is 21.2 Å². The van der Waals surface area contributed by atoms with Crippen LogP contribution in [0.5, 0.6) is 11.5 Å². The van der Waals surface area contributed by atoms with Crippen molar-refractivity contribution in [3.63, 3.8) is 0 Å². The first-order valence-electron chi connectivity index (χ1n) is 12.2. The Morgan fingerprint density at radius 3 is 2.81 bits per heavy atom. The number of aryl methyl sites for hydroxylation is 2. The second-order valence-electron chi connectivity index (χ2n) is 9.09. The molecule has 0 N–H and O–H groups in total. The monoisotopic (exact) mass is 510 g/mol. The molecular weight excluding hydrogens is 484 g/mol. The number of hydrogen-bond acceptors (Lipinski definition) is 6. The number of hydrogen-bond donors (Lipinski definition) is 0. The van der Waals surface area contributed by atoms with Crippen LogP contribution in [0.1, 0.15) is 27.4 Å². The highest BCUT2D eigenvalue weighted by Gasteiger charge is 2.26. The van der Waals surface area contributed by atoms with Crippen molar-refractivity contribution in [2.75, 3.05) is 13.2 Å². The van der Waals surface area contributed by atoms with Crippen LogP contribution >= 0.6 is 11.3 Å². The highest BCUT2D eigenvalue weighted by atomic mass is 32.1. The van der Waals surface area contributed by atoms with Crippen LogP contribution < -0.4 is 9.47 Å². The summed E-state index contributed by atoms with van der Waals surface area (Å²) in [6.45, 7) is 3.46. The Labute approximate surface area is 218 Å². The van der Waals surface area contributed by atoms with Gasteiger partial charge in [-0.05, 0) is 54.3 Å². The lowest BCUT2D eigenvalue weighted by molar-refractivity contribution is 0.0722. The van der Waals surface area contributed by atoms with Crippen LogP contribution in [-0.4, -0.2) is 38.7 Å². The Kier molecular flexibility index (Phi) is 6.10. The Bertz CT molecular complexity index is 1590. The number of amides is 1. The molecule has 0 radical (unpaired) electrons. The molecule has 8 heteroatoms. The summed E-state index contributed by atoms with van der Waals surface area (Å²) in [5.41, 5.74) is 5.28. The van der Waals surface area contributed by atoms with Gasteiger partial charge in [0.15, 0.2) is 11.5 Å². The summed E-state index contributed by atoms with van der Waals surface area (Å²) >= 11 is 1.72. The minimum absolute atomic E-state index is 0.0677. The van der Waals surface area contributed by atoms with Gasteiger partial charge in [-0.1, -0.05) is 24.3 Å². The van der Waals surface area contributed by atoms with Gasteiger partial charge in [-0.2, -0.15) is 5.10 Å². The normalized spacial score (nSPS) is 13.2. The molecule has 0 fully saturated rings. The average Bonchev–Trinajstić information content (AvgIpc) is 3.42. The maximum absolute atomic E-state index is 13.5. The number of carbonyl (C=O) groups is 1. The predicted octanol–water partition coefficient (Wildman–Crippen LogP) is 5.62. The molecule has 0 saturated carbocycles. The number of carbonyl (C=O) groups excluding carboxylic acids is 1. The third-order valence-corrected chi connectivity index (χ3v) is 7.47. The van der Waals surface area contributed by atoms with Crippen LogP contribution in [0.2, 0.25) is 0 Å². The largest absolute Gasteiger partial charge is 0.487 e. The fraction of sp³-hybridized carbons (Fsp3) is 0.207. The van der Waals surface area contributed by atoms with E-state index in [9.17, 15) is 4.79 Å². The van der Waals surface area contributed by atoms with Gasteiger partial charge in [0.2, 0.25) is 0 Å². The fourth-order valence-electron chi connectivity index (χ4n) is 4.73. The highest BCUT2D eigenvalue weighted by Crippen LogP contribution is 2.42. The Hall–Kier alpha value is -4.17. The van der Waals surface area contributed by atoms with E-state index in [0.29, 0.717) is 43.5 Å². The molecule has 0 atom stereocenters. The lowest BCUT2D eigenvalue weighted by Crippen LogP contribution is -2.33. The number of aromatic nitrogens is 3. The fourth-order valence-corrected chi connectivity index (χ4v) is 5.70. The predicted molar refractivity (Wildman–Crippen MR) is 144 cm³/mol. The lowest BCUT2D eigenvalue weighted by atomic mass is 10.0. The summed E-state index contributed by atoms with van der Waals surface area (Å²) in [6, 6.07) is 20.1. The summed E-state index contributed by atoms with van der Waals surface area (Å²) in [5.74, 6) is 1.26. The Morgan fingerprint density at radius 2 is 2.00 bits per heavy atom. The first-order valence-corrected chi connectivity index (χ1v) is 13.0. The van der Waals surface area contributed by atoms with Crippen molar-refractivity contribution < 1.29 is 14.3 Å². The van der Waals surface area contributed by atoms with Crippen molar-refractivity contribution >= 4 is 27.3 Å². The van der Waals surface area contributed by atoms with Gasteiger partial charge in [0.05, 0.1) is 17.9 Å². The van der Waals surface area contributed by atoms with E-state index in [0.717, 1.165) is 28.1 Å². The van der Waals surface area contributed by atoms with Crippen molar-refractivity contribution in [1.29, 1.82) is 0 Å². The van der Waals surface area contributed by atoms with Gasteiger partial charge < -0.3 is 14.4 Å². The third kappa shape index (κ3) is 4.56. The highest BCUT2D eigenvalue weighted by molar-refractivity contribution is 7.17. The van der Waals surface area contributed by atoms with Crippen LogP contribution in [-0.2, 0) is 20.2 Å². The molecule has 0 bridgehead atoms. The first-order chi connectivity index (χ1) is 18.1. The lowest BCUT2D eigenvalue weighted by Gasteiger charge is -2.20. The van der Waals surface area contributed by atoms with Gasteiger partial charge in [-0.25, -0.2) is 0 Å². The minimum Gasteiger partial charge on any atom is -0.487 e. The summed E-state index contributed by atoms with van der Waals surface area (Å²) in [4.78, 5) is 19.7. The van der Waals surface area contributed by atoms with E-state index >= 15 is 0 Å². The Balaban J connectivity index is 1.41. The number of rotatable bonds is 5. The van der Waals surface area contributed by atoms with E-state index in [1.165, 1.54) is 10.1 Å². The van der Waals surface area contributed by atoms with Gasteiger partial charge >= 0.3 is 0 Å². The molecule has 5 aromatic rings. The van der Waals surface area contributed by atoms with Gasteiger partial charge in [0, 0.05) is 41.0 Å². The first kappa shape index (κ1) is 23.2. The summed E-state index contributed by atoms with van der Waals surface area (Å²) < 4.78 is 15.4. The molecule has 1 aliphatic rings. The number of benzene rings is 2. The van der Waals surface area contributed by atoms with E-state index in [2.05, 4.69) is 45.8 Å². The zero-order valence-electron chi connectivity index (χ0n) is 20.7. The average molecular weight is 511 g/mol. The molecular formula is C29H26N4O3S. The molecule has 186 valence electrons. The van der Waals surface area contributed by atoms with Crippen LogP contribution in [0.4, 0.5) is 0 Å². The molecule has 2 aromatic carbocycles. The molecule has 0 spiro atoms. The maximum atomic E-state index is 13.5. The van der Waals surface area contributed by atoms with E-state index in [1.807, 2.05) is 42.2 Å². The van der Waals surface area contributed by atoms with Gasteiger partial charge in [-0.15, -0.1) is 11.3 Å². The van der Waals surface area contributed by atoms with Crippen molar-refractivity contribution in [3.8, 4) is 22.6 Å². The standard InChI is InChI=1S/C29H26N4O3S/c1-19-13-25(32(2)31-19)29(34)33-11-12-35-28-21(16-33)14-20(24-18-37-27-9-4-3-8-23(24)27)15-26(28)36-17-22-7-5-6-10-30-22/h3-10,13-15,18H,11-12,16-17H2,1-2H3. The molecule has 3 aromatic heterocycles. The van der Waals surface area contributed by atoms with E-state index < -0.39 is 0 Å². The van der Waals surface area contributed by atoms with Crippen molar-refractivity contribution in [2.24, 2.45) is 7.05 Å². The Morgan fingerprint density at radius 1 is 1.14 bits per heavy atom. The number of pyridine rings is 1. The van der Waals surface area contributed by atoms with Crippen LogP contribution in [0.15, 0.2) is 72.2 Å². The number of thiophene rings is 1. The molecule has 6 rings (SSSR count). The number of ether oxygens (including phenoxy) is 2. The molecule has 37 heavy (non-hydrogen) atoms. The second-order valence-corrected chi connectivity index (χ2v) is 10.00. The molecule has 7 nitrogen and oxygen atoms in total. The van der Waals surface area contributed by atoms with Crippen LogP contribution in [0.3, 0.4) is 0 Å². The minimum atomic E-state index is -0.0677. The molecule has 1 aliphatic heterocycles. The third-order valence-electron chi connectivity index (χ3n) is 6.50. The quantitative estimate of drug-likeness (QED) is 0.307. The topological polar surface area (TPSA) is 69.5 Å². The van der Waals surface area contributed by atoms with Crippen LogP contribution in [0, 0.1) is 6.92 Å². The summed E-state index contributed by atoms with van der Waals surface area (Å²) in [5, 5.41) is 7.72. The SMILES string of the molecule is Cc1cc(C(=O)N2CCOc3c(cc(-c4csc5ccccc45)cc3OCc3ccccn3)C2)n(C)n1. The van der Waals surface area contributed by atoms with E-state index in [4.69, 9.17) is 9.47 Å². The number of nitrogens with zero attached hydrogens (tertiary/aromatic N) is 4. The summed E-state index contributed by atoms with van der Waals surface area (Å²) in [6.07, 6.45) is 1.76. The number of fused-ring (bicyclic) bond motifs is 2. The van der Waals surface area contributed by atoms with Crippen molar-refractivity contribution in [1.82, 2.24) is 19.7 Å². The zero-order valence-corrected chi connectivity index (χ0v) is 21.5. The molecule has 0 aliphatic carbocycles. The maximum Gasteiger partial charge on any atom is 0.272 e. The van der Waals surface area contributed by atoms with Gasteiger partial charge in [0.1, 0.15) is 18.9 Å². The van der Waals surface area contributed by atoms with E-state index in [1.54, 1.807) is 29.3 Å². The molecule has 1 amide bonds. The molecule has 0 unspecified atom stereocenters. The zero-order chi connectivity index (χ0) is 25.4. The summed E-state index contributed by atoms with van der Waals surface area (Å²) in [7, 11) is 1.80.